The Balaban J connectivity index is 2.28. The number of rotatable bonds is 4. The number of benzene rings is 1. The summed E-state index contributed by atoms with van der Waals surface area (Å²) in [6.45, 7) is 0. The number of hydrogen-bond donors (Lipinski definition) is 3. The van der Waals surface area contributed by atoms with Crippen molar-refractivity contribution in [3.63, 3.8) is 0 Å². The number of hydrogen-bond acceptors (Lipinski definition) is 3. The Bertz CT molecular complexity index is 567. The third kappa shape index (κ3) is 2.42. The monoisotopic (exact) mass is 254 g/mol. The highest BCUT2D eigenvalue weighted by Gasteiger charge is 2.28. The van der Waals surface area contributed by atoms with Crippen LogP contribution < -0.4 is 5.73 Å². The van der Waals surface area contributed by atoms with E-state index >= 15 is 0 Å². The Hall–Kier alpha value is -1.13. The maximum Gasteiger partial charge on any atom is 0.344 e. The summed E-state index contributed by atoms with van der Waals surface area (Å²) in [5.41, 5.74) is 7.59. The topological polar surface area (TPSA) is 88.3 Å². The van der Waals surface area contributed by atoms with Crippen molar-refractivity contribution in [2.75, 3.05) is 7.11 Å². The van der Waals surface area contributed by atoms with Crippen molar-refractivity contribution in [3.05, 3.63) is 36.0 Å². The van der Waals surface area contributed by atoms with Crippen LogP contribution in [0.2, 0.25) is 0 Å². The molecule has 2 atom stereocenters. The largest absolute Gasteiger partial charge is 0.361 e. The molecule has 2 rings (SSSR count). The molecule has 4 N–H and O–H groups in total. The molecule has 0 saturated heterocycles. The van der Waals surface area contributed by atoms with Gasteiger partial charge in [0.25, 0.3) is 0 Å². The first-order chi connectivity index (χ1) is 8.04. The molecule has 5 nitrogen and oxygen atoms in total. The van der Waals surface area contributed by atoms with Crippen LogP contribution >= 0.6 is 7.60 Å². The van der Waals surface area contributed by atoms with Crippen LogP contribution in [0.15, 0.2) is 30.5 Å². The Kier molecular flexibility index (Phi) is 3.35. The Morgan fingerprint density at radius 1 is 1.53 bits per heavy atom. The van der Waals surface area contributed by atoms with E-state index in [0.29, 0.717) is 6.42 Å². The molecule has 92 valence electrons. The van der Waals surface area contributed by atoms with Gasteiger partial charge in [-0.1, -0.05) is 18.2 Å². The van der Waals surface area contributed by atoms with E-state index in [2.05, 4.69) is 9.51 Å². The summed E-state index contributed by atoms with van der Waals surface area (Å²) in [6.07, 6.45) is 2.10. The lowest BCUT2D eigenvalue weighted by Crippen LogP contribution is -2.23. The zero-order valence-corrected chi connectivity index (χ0v) is 10.4. The van der Waals surface area contributed by atoms with Crippen molar-refractivity contribution >= 4 is 18.5 Å². The van der Waals surface area contributed by atoms with E-state index in [0.717, 1.165) is 16.5 Å². The van der Waals surface area contributed by atoms with Gasteiger partial charge in [-0.25, -0.2) is 0 Å². The van der Waals surface area contributed by atoms with Gasteiger partial charge in [-0.15, -0.1) is 0 Å². The molecule has 0 bridgehead atoms. The Morgan fingerprint density at radius 3 is 2.94 bits per heavy atom. The van der Waals surface area contributed by atoms with Gasteiger partial charge in [-0.3, -0.25) is 4.57 Å². The van der Waals surface area contributed by atoms with Crippen LogP contribution in [0.25, 0.3) is 10.9 Å². The van der Waals surface area contributed by atoms with E-state index in [-0.39, 0.29) is 0 Å². The molecule has 0 saturated carbocycles. The van der Waals surface area contributed by atoms with E-state index in [1.807, 2.05) is 24.3 Å². The summed E-state index contributed by atoms with van der Waals surface area (Å²) >= 11 is 0. The molecule has 17 heavy (non-hydrogen) atoms. The first kappa shape index (κ1) is 12.3. The predicted octanol–water partition coefficient (Wildman–Crippen LogP) is 1.83. The Morgan fingerprint density at radius 2 is 2.24 bits per heavy atom. The molecule has 0 aliphatic carbocycles. The van der Waals surface area contributed by atoms with E-state index in [1.165, 1.54) is 7.11 Å². The molecule has 2 aromatic rings. The van der Waals surface area contributed by atoms with Gasteiger partial charge in [0.2, 0.25) is 0 Å². The molecule has 0 amide bonds. The van der Waals surface area contributed by atoms with Gasteiger partial charge in [0.1, 0.15) is 5.78 Å². The zero-order valence-electron chi connectivity index (χ0n) is 9.46. The molecule has 1 unspecified atom stereocenters. The zero-order chi connectivity index (χ0) is 12.5. The molecular formula is C11H15N2O3P. The first-order valence-electron chi connectivity index (χ1n) is 5.23. The summed E-state index contributed by atoms with van der Waals surface area (Å²) in [6, 6.07) is 7.73. The number of H-pyrrole nitrogens is 1. The number of aromatic nitrogens is 1. The van der Waals surface area contributed by atoms with Crippen molar-refractivity contribution in [1.29, 1.82) is 0 Å². The summed E-state index contributed by atoms with van der Waals surface area (Å²) in [5.74, 6) is -0.910. The van der Waals surface area contributed by atoms with Crippen LogP contribution in [0, 0.1) is 0 Å². The third-order valence-electron chi connectivity index (χ3n) is 2.78. The fraction of sp³-hybridized carbons (Fsp3) is 0.273. The number of nitrogens with one attached hydrogen (secondary N) is 1. The Labute approximate surface area is 99.1 Å². The average Bonchev–Trinajstić information content (AvgIpc) is 2.73. The fourth-order valence-electron chi connectivity index (χ4n) is 1.78. The van der Waals surface area contributed by atoms with Gasteiger partial charge in [-0.2, -0.15) is 0 Å². The highest BCUT2D eigenvalue weighted by Crippen LogP contribution is 2.45. The van der Waals surface area contributed by atoms with Gasteiger partial charge in [0, 0.05) is 30.6 Å². The first-order valence-corrected chi connectivity index (χ1v) is 6.88. The maximum absolute atomic E-state index is 11.5. The predicted molar refractivity (Wildman–Crippen MR) is 66.8 cm³/mol. The van der Waals surface area contributed by atoms with Crippen LogP contribution in [0.3, 0.4) is 0 Å². The van der Waals surface area contributed by atoms with E-state index in [4.69, 9.17) is 5.73 Å². The summed E-state index contributed by atoms with van der Waals surface area (Å²) in [4.78, 5) is 12.6. The molecule has 1 aromatic heterocycles. The molecule has 0 radical (unpaired) electrons. The summed E-state index contributed by atoms with van der Waals surface area (Å²) in [7, 11) is -2.53. The van der Waals surface area contributed by atoms with Gasteiger partial charge in [0.05, 0.1) is 0 Å². The fourth-order valence-corrected chi connectivity index (χ4v) is 2.47. The lowest BCUT2D eigenvalue weighted by molar-refractivity contribution is 0.304. The van der Waals surface area contributed by atoms with Crippen LogP contribution in [-0.2, 0) is 15.5 Å². The SMILES string of the molecule is COP(=O)(O)[C@@H](N)Cc1c[nH]c2ccccc12. The van der Waals surface area contributed by atoms with Crippen molar-refractivity contribution in [2.45, 2.75) is 12.2 Å². The lowest BCUT2D eigenvalue weighted by Gasteiger charge is -2.16. The minimum Gasteiger partial charge on any atom is -0.361 e. The smallest absolute Gasteiger partial charge is 0.344 e. The van der Waals surface area contributed by atoms with Crippen molar-refractivity contribution in [2.24, 2.45) is 5.73 Å². The van der Waals surface area contributed by atoms with E-state index in [1.54, 1.807) is 6.20 Å². The van der Waals surface area contributed by atoms with Crippen molar-refractivity contribution < 1.29 is 14.0 Å². The minimum absolute atomic E-state index is 0.297. The van der Waals surface area contributed by atoms with Gasteiger partial charge in [0.15, 0.2) is 0 Å². The number of nitrogens with two attached hydrogens (primary N) is 1. The van der Waals surface area contributed by atoms with Crippen LogP contribution in [0.4, 0.5) is 0 Å². The van der Waals surface area contributed by atoms with Crippen LogP contribution in [-0.4, -0.2) is 22.8 Å². The molecule has 6 heteroatoms. The number of para-hydroxylation sites is 1. The summed E-state index contributed by atoms with van der Waals surface area (Å²) in [5, 5.41) is 1.01. The van der Waals surface area contributed by atoms with Gasteiger partial charge >= 0.3 is 7.60 Å². The molecule has 0 aliphatic rings. The average molecular weight is 254 g/mol. The standard InChI is InChI=1S/C11H15N2O3P/c1-16-17(14,15)11(12)6-8-7-13-10-5-3-2-4-9(8)10/h2-5,7,11,13H,6,12H2,1H3,(H,14,15)/t11-/m1/s1. The van der Waals surface area contributed by atoms with Gasteiger partial charge < -0.3 is 20.1 Å². The van der Waals surface area contributed by atoms with Gasteiger partial charge in [-0.05, 0) is 11.6 Å². The summed E-state index contributed by atoms with van der Waals surface area (Å²) < 4.78 is 16.1. The number of aromatic amines is 1. The second-order valence-corrected chi connectivity index (χ2v) is 6.03. The quantitative estimate of drug-likeness (QED) is 0.726. The second kappa shape index (κ2) is 4.63. The third-order valence-corrected chi connectivity index (χ3v) is 4.33. The van der Waals surface area contributed by atoms with Crippen LogP contribution in [0.5, 0.6) is 0 Å². The molecule has 0 fully saturated rings. The molecule has 0 aliphatic heterocycles. The van der Waals surface area contributed by atoms with Crippen molar-refractivity contribution in [1.82, 2.24) is 4.98 Å². The van der Waals surface area contributed by atoms with E-state index < -0.39 is 13.4 Å². The highest BCUT2D eigenvalue weighted by atomic mass is 31.2. The number of fused-ring (bicyclic) bond motifs is 1. The van der Waals surface area contributed by atoms with E-state index in [9.17, 15) is 9.46 Å². The minimum atomic E-state index is -3.72. The van der Waals surface area contributed by atoms with Crippen LogP contribution in [0.1, 0.15) is 5.56 Å². The molecule has 1 aromatic carbocycles. The van der Waals surface area contributed by atoms with Crippen molar-refractivity contribution in [3.8, 4) is 0 Å². The maximum atomic E-state index is 11.5. The second-order valence-electron chi connectivity index (χ2n) is 3.88. The molecule has 0 spiro atoms. The normalized spacial score (nSPS) is 16.9. The highest BCUT2D eigenvalue weighted by molar-refractivity contribution is 7.53. The molecule has 1 heterocycles. The molecular weight excluding hydrogens is 239 g/mol. The lowest BCUT2D eigenvalue weighted by atomic mass is 10.1.